The molecular weight excluding hydrogens is 318 g/mol. The second kappa shape index (κ2) is 7.01. The minimum atomic E-state index is 0.0380. The zero-order valence-electron chi connectivity index (χ0n) is 14.2. The lowest BCUT2D eigenvalue weighted by Crippen LogP contribution is -2.20. The van der Waals surface area contributed by atoms with E-state index in [1.54, 1.807) is 19.0 Å². The van der Waals surface area contributed by atoms with Gasteiger partial charge in [-0.05, 0) is 24.6 Å². The zero-order valence-corrected chi connectivity index (χ0v) is 15.0. The number of thiophene rings is 1. The molecule has 2 aromatic heterocycles. The SMILES string of the molecule is CCCn1nc(-c2ccccc2)cc1-c1ccc(C(=O)N(C)C)s1. The first kappa shape index (κ1) is 16.5. The monoisotopic (exact) mass is 339 g/mol. The Balaban J connectivity index is 2.01. The third-order valence-corrected chi connectivity index (χ3v) is 4.86. The number of hydrogen-bond acceptors (Lipinski definition) is 3. The van der Waals surface area contributed by atoms with Crippen LogP contribution in [-0.4, -0.2) is 34.7 Å². The van der Waals surface area contributed by atoms with Gasteiger partial charge in [0.1, 0.15) is 0 Å². The molecule has 124 valence electrons. The average Bonchev–Trinajstić information content (AvgIpc) is 3.22. The van der Waals surface area contributed by atoms with Crippen LogP contribution in [0, 0.1) is 0 Å². The first-order valence-electron chi connectivity index (χ1n) is 8.05. The molecule has 1 amide bonds. The molecule has 0 unspecified atom stereocenters. The Morgan fingerprint density at radius 3 is 2.58 bits per heavy atom. The van der Waals surface area contributed by atoms with Crippen LogP contribution in [0.4, 0.5) is 0 Å². The summed E-state index contributed by atoms with van der Waals surface area (Å²) >= 11 is 1.52. The number of rotatable bonds is 5. The summed E-state index contributed by atoms with van der Waals surface area (Å²) < 4.78 is 2.04. The van der Waals surface area contributed by atoms with E-state index in [9.17, 15) is 4.79 Å². The van der Waals surface area contributed by atoms with E-state index in [0.717, 1.165) is 39.7 Å². The minimum Gasteiger partial charge on any atom is -0.344 e. The summed E-state index contributed by atoms with van der Waals surface area (Å²) in [7, 11) is 3.55. The first-order chi connectivity index (χ1) is 11.6. The number of carbonyl (C=O) groups is 1. The number of carbonyl (C=O) groups excluding carboxylic acids is 1. The molecule has 0 saturated carbocycles. The van der Waals surface area contributed by atoms with Crippen molar-refractivity contribution in [3.8, 4) is 21.8 Å². The van der Waals surface area contributed by atoms with Crippen molar-refractivity contribution in [3.63, 3.8) is 0 Å². The molecule has 0 aliphatic heterocycles. The van der Waals surface area contributed by atoms with Crippen molar-refractivity contribution in [2.75, 3.05) is 14.1 Å². The van der Waals surface area contributed by atoms with E-state index in [1.807, 2.05) is 35.0 Å². The third-order valence-electron chi connectivity index (χ3n) is 3.76. The summed E-state index contributed by atoms with van der Waals surface area (Å²) in [4.78, 5) is 15.6. The number of hydrogen-bond donors (Lipinski definition) is 0. The van der Waals surface area contributed by atoms with E-state index in [0.29, 0.717) is 0 Å². The van der Waals surface area contributed by atoms with Gasteiger partial charge in [-0.15, -0.1) is 11.3 Å². The van der Waals surface area contributed by atoms with Crippen LogP contribution in [0.15, 0.2) is 48.5 Å². The molecule has 1 aromatic carbocycles. The zero-order chi connectivity index (χ0) is 17.1. The number of aryl methyl sites for hydroxylation is 1. The second-order valence-electron chi connectivity index (χ2n) is 5.87. The number of benzene rings is 1. The van der Waals surface area contributed by atoms with Gasteiger partial charge in [-0.3, -0.25) is 9.48 Å². The van der Waals surface area contributed by atoms with Gasteiger partial charge in [-0.25, -0.2) is 0 Å². The summed E-state index contributed by atoms with van der Waals surface area (Å²) in [6.45, 7) is 3.00. The molecule has 2 heterocycles. The third kappa shape index (κ3) is 3.26. The van der Waals surface area contributed by atoms with Crippen molar-refractivity contribution in [1.29, 1.82) is 0 Å². The molecule has 24 heavy (non-hydrogen) atoms. The molecule has 0 radical (unpaired) electrons. The Morgan fingerprint density at radius 1 is 1.17 bits per heavy atom. The quantitative estimate of drug-likeness (QED) is 0.691. The van der Waals surface area contributed by atoms with Gasteiger partial charge in [0, 0.05) is 26.2 Å². The Hall–Kier alpha value is -2.40. The van der Waals surface area contributed by atoms with Gasteiger partial charge >= 0.3 is 0 Å². The summed E-state index contributed by atoms with van der Waals surface area (Å²) in [5, 5.41) is 4.76. The predicted molar refractivity (Wildman–Crippen MR) is 99.3 cm³/mol. The lowest BCUT2D eigenvalue weighted by Gasteiger charge is -2.07. The first-order valence-corrected chi connectivity index (χ1v) is 8.87. The van der Waals surface area contributed by atoms with E-state index >= 15 is 0 Å². The van der Waals surface area contributed by atoms with Crippen LogP contribution in [0.1, 0.15) is 23.0 Å². The molecule has 0 atom stereocenters. The smallest absolute Gasteiger partial charge is 0.263 e. The highest BCUT2D eigenvalue weighted by Gasteiger charge is 2.16. The summed E-state index contributed by atoms with van der Waals surface area (Å²) in [5.74, 6) is 0.0380. The van der Waals surface area contributed by atoms with Crippen LogP contribution in [0.5, 0.6) is 0 Å². The Bertz CT molecular complexity index is 833. The van der Waals surface area contributed by atoms with Crippen LogP contribution in [0.25, 0.3) is 21.8 Å². The van der Waals surface area contributed by atoms with Gasteiger partial charge < -0.3 is 4.90 Å². The van der Waals surface area contributed by atoms with E-state index in [1.165, 1.54) is 11.3 Å². The molecule has 3 aromatic rings. The number of amides is 1. The van der Waals surface area contributed by atoms with Crippen LogP contribution >= 0.6 is 11.3 Å². The number of aromatic nitrogens is 2. The van der Waals surface area contributed by atoms with Gasteiger partial charge in [-0.2, -0.15) is 5.10 Å². The number of nitrogens with zero attached hydrogens (tertiary/aromatic N) is 3. The molecule has 0 fully saturated rings. The van der Waals surface area contributed by atoms with E-state index in [-0.39, 0.29) is 5.91 Å². The molecule has 4 nitrogen and oxygen atoms in total. The van der Waals surface area contributed by atoms with Crippen molar-refractivity contribution in [2.24, 2.45) is 0 Å². The summed E-state index contributed by atoms with van der Waals surface area (Å²) in [6, 6.07) is 16.2. The molecule has 0 spiro atoms. The van der Waals surface area contributed by atoms with Crippen molar-refractivity contribution in [3.05, 3.63) is 53.4 Å². The molecule has 0 saturated heterocycles. The van der Waals surface area contributed by atoms with Crippen LogP contribution < -0.4 is 0 Å². The maximum Gasteiger partial charge on any atom is 0.263 e. The second-order valence-corrected chi connectivity index (χ2v) is 6.95. The van der Waals surface area contributed by atoms with E-state index in [4.69, 9.17) is 5.10 Å². The fourth-order valence-corrected chi connectivity index (χ4v) is 3.61. The van der Waals surface area contributed by atoms with Crippen molar-refractivity contribution in [2.45, 2.75) is 19.9 Å². The predicted octanol–water partition coefficient (Wildman–Crippen LogP) is 4.39. The fourth-order valence-electron chi connectivity index (χ4n) is 2.56. The van der Waals surface area contributed by atoms with Gasteiger partial charge in [-0.1, -0.05) is 37.3 Å². The molecule has 0 aliphatic rings. The van der Waals surface area contributed by atoms with Crippen LogP contribution in [-0.2, 0) is 6.54 Å². The highest BCUT2D eigenvalue weighted by Crippen LogP contribution is 2.32. The fraction of sp³-hybridized carbons (Fsp3) is 0.263. The molecule has 3 rings (SSSR count). The van der Waals surface area contributed by atoms with Gasteiger partial charge in [0.05, 0.1) is 21.1 Å². The van der Waals surface area contributed by atoms with Gasteiger partial charge in [0.2, 0.25) is 0 Å². The summed E-state index contributed by atoms with van der Waals surface area (Å²) in [5.41, 5.74) is 3.14. The highest BCUT2D eigenvalue weighted by atomic mass is 32.1. The van der Waals surface area contributed by atoms with Crippen molar-refractivity contribution >= 4 is 17.2 Å². The molecular formula is C19H21N3OS. The molecule has 0 aliphatic carbocycles. The Morgan fingerprint density at radius 2 is 1.92 bits per heavy atom. The maximum absolute atomic E-state index is 12.1. The Kier molecular flexibility index (Phi) is 4.81. The average molecular weight is 339 g/mol. The summed E-state index contributed by atoms with van der Waals surface area (Å²) in [6.07, 6.45) is 1.01. The van der Waals surface area contributed by atoms with E-state index < -0.39 is 0 Å². The molecule has 0 bridgehead atoms. The maximum atomic E-state index is 12.1. The van der Waals surface area contributed by atoms with Crippen molar-refractivity contribution < 1.29 is 4.79 Å². The van der Waals surface area contributed by atoms with Gasteiger partial charge in [0.25, 0.3) is 5.91 Å². The van der Waals surface area contributed by atoms with Crippen LogP contribution in [0.2, 0.25) is 0 Å². The topological polar surface area (TPSA) is 38.1 Å². The molecule has 0 N–H and O–H groups in total. The molecule has 5 heteroatoms. The standard InChI is InChI=1S/C19H21N3OS/c1-4-12-22-16(13-15(20-22)14-8-6-5-7-9-14)17-10-11-18(24-17)19(23)21(2)3/h5-11,13H,4,12H2,1-3H3. The largest absolute Gasteiger partial charge is 0.344 e. The Labute approximate surface area is 146 Å². The highest BCUT2D eigenvalue weighted by molar-refractivity contribution is 7.17. The lowest BCUT2D eigenvalue weighted by atomic mass is 10.1. The van der Waals surface area contributed by atoms with E-state index in [2.05, 4.69) is 25.1 Å². The van der Waals surface area contributed by atoms with Gasteiger partial charge in [0.15, 0.2) is 0 Å². The minimum absolute atomic E-state index is 0.0380. The lowest BCUT2D eigenvalue weighted by molar-refractivity contribution is 0.0832. The van der Waals surface area contributed by atoms with Crippen molar-refractivity contribution in [1.82, 2.24) is 14.7 Å². The normalized spacial score (nSPS) is 10.8. The van der Waals surface area contributed by atoms with Crippen LogP contribution in [0.3, 0.4) is 0 Å².